The van der Waals surface area contributed by atoms with E-state index < -0.39 is 0 Å². The van der Waals surface area contributed by atoms with Crippen molar-refractivity contribution in [2.75, 3.05) is 19.0 Å². The van der Waals surface area contributed by atoms with Gasteiger partial charge in [-0.25, -0.2) is 0 Å². The Morgan fingerprint density at radius 1 is 1.00 bits per heavy atom. The Hall–Kier alpha value is -3.31. The van der Waals surface area contributed by atoms with Crippen molar-refractivity contribution in [3.8, 4) is 5.75 Å². The average Bonchev–Trinajstić information content (AvgIpc) is 2.78. The Bertz CT molecular complexity index is 1070. The summed E-state index contributed by atoms with van der Waals surface area (Å²) in [4.78, 5) is 27.1. The first-order chi connectivity index (χ1) is 15.4. The van der Waals surface area contributed by atoms with Crippen molar-refractivity contribution >= 4 is 29.1 Å². The molecule has 0 bridgehead atoms. The third kappa shape index (κ3) is 6.59. The SMILES string of the molecule is Cc1cc(Cl)ccc1OCCCC(=O)Nc1ccccc1C(=O)N(C)Cc1ccccc1. The predicted octanol–water partition coefficient (Wildman–Crippen LogP) is 5.72. The molecule has 0 aliphatic carbocycles. The molecule has 0 saturated carbocycles. The third-order valence-corrected chi connectivity index (χ3v) is 5.22. The first kappa shape index (κ1) is 23.4. The second-order valence-corrected chi connectivity index (χ2v) is 8.04. The van der Waals surface area contributed by atoms with Gasteiger partial charge in [0.1, 0.15) is 5.75 Å². The Morgan fingerprint density at radius 3 is 2.47 bits per heavy atom. The van der Waals surface area contributed by atoms with Crippen molar-refractivity contribution in [1.29, 1.82) is 0 Å². The second kappa shape index (κ2) is 11.3. The fourth-order valence-corrected chi connectivity index (χ4v) is 3.54. The van der Waals surface area contributed by atoms with Crippen LogP contribution in [0.5, 0.6) is 5.75 Å². The highest BCUT2D eigenvalue weighted by atomic mass is 35.5. The minimum atomic E-state index is -0.160. The second-order valence-electron chi connectivity index (χ2n) is 7.60. The summed E-state index contributed by atoms with van der Waals surface area (Å²) < 4.78 is 5.74. The molecule has 2 amide bonds. The number of halogens is 1. The van der Waals surface area contributed by atoms with E-state index in [0.29, 0.717) is 35.8 Å². The first-order valence-corrected chi connectivity index (χ1v) is 10.9. The van der Waals surface area contributed by atoms with Crippen LogP contribution in [0.4, 0.5) is 5.69 Å². The monoisotopic (exact) mass is 450 g/mol. The maximum atomic E-state index is 13.0. The van der Waals surface area contributed by atoms with E-state index in [1.54, 1.807) is 42.3 Å². The largest absolute Gasteiger partial charge is 0.493 e. The molecule has 0 fully saturated rings. The van der Waals surface area contributed by atoms with Crippen molar-refractivity contribution in [3.05, 3.63) is 94.5 Å². The lowest BCUT2D eigenvalue weighted by Crippen LogP contribution is -2.27. The minimum Gasteiger partial charge on any atom is -0.493 e. The number of ether oxygens (including phenoxy) is 1. The molecule has 3 aromatic rings. The van der Waals surface area contributed by atoms with Gasteiger partial charge < -0.3 is 15.0 Å². The van der Waals surface area contributed by atoms with Crippen LogP contribution >= 0.6 is 11.6 Å². The number of para-hydroxylation sites is 1. The van der Waals surface area contributed by atoms with E-state index >= 15 is 0 Å². The molecule has 6 heteroatoms. The van der Waals surface area contributed by atoms with Gasteiger partial charge in [-0.15, -0.1) is 0 Å². The Labute approximate surface area is 194 Å². The number of hydrogen-bond donors (Lipinski definition) is 1. The summed E-state index contributed by atoms with van der Waals surface area (Å²) >= 11 is 5.96. The molecular formula is C26H27ClN2O3. The van der Waals surface area contributed by atoms with Crippen molar-refractivity contribution in [3.63, 3.8) is 0 Å². The fourth-order valence-electron chi connectivity index (χ4n) is 3.32. The zero-order valence-electron chi connectivity index (χ0n) is 18.3. The molecule has 0 atom stereocenters. The lowest BCUT2D eigenvalue weighted by molar-refractivity contribution is -0.116. The van der Waals surface area contributed by atoms with E-state index in [-0.39, 0.29) is 18.2 Å². The minimum absolute atomic E-state index is 0.147. The van der Waals surface area contributed by atoms with Gasteiger partial charge in [-0.1, -0.05) is 54.1 Å². The summed E-state index contributed by atoms with van der Waals surface area (Å²) in [6.07, 6.45) is 0.840. The van der Waals surface area contributed by atoms with Crippen LogP contribution in [-0.4, -0.2) is 30.4 Å². The number of nitrogens with one attached hydrogen (secondary N) is 1. The summed E-state index contributed by atoms with van der Waals surface area (Å²) in [5.41, 5.74) is 2.97. The quantitative estimate of drug-likeness (QED) is 0.424. The molecule has 0 unspecified atom stereocenters. The summed E-state index contributed by atoms with van der Waals surface area (Å²) in [5, 5.41) is 3.53. The van der Waals surface area contributed by atoms with Gasteiger partial charge in [-0.05, 0) is 54.8 Å². The molecule has 1 N–H and O–H groups in total. The number of anilines is 1. The topological polar surface area (TPSA) is 58.6 Å². The molecule has 0 saturated heterocycles. The molecular weight excluding hydrogens is 424 g/mol. The van der Waals surface area contributed by atoms with Crippen molar-refractivity contribution in [2.45, 2.75) is 26.3 Å². The molecule has 0 heterocycles. The van der Waals surface area contributed by atoms with Gasteiger partial charge in [-0.2, -0.15) is 0 Å². The highest BCUT2D eigenvalue weighted by molar-refractivity contribution is 6.30. The highest BCUT2D eigenvalue weighted by Crippen LogP contribution is 2.22. The van der Waals surface area contributed by atoms with Crippen LogP contribution in [0.2, 0.25) is 5.02 Å². The molecule has 0 aliphatic rings. The molecule has 0 aliphatic heterocycles. The van der Waals surface area contributed by atoms with Gasteiger partial charge in [0.15, 0.2) is 0 Å². The molecule has 0 spiro atoms. The molecule has 32 heavy (non-hydrogen) atoms. The smallest absolute Gasteiger partial charge is 0.256 e. The standard InChI is InChI=1S/C26H27ClN2O3/c1-19-17-21(27)14-15-24(19)32-16-8-13-25(30)28-23-12-7-6-11-22(23)26(31)29(2)18-20-9-4-3-5-10-20/h3-7,9-12,14-15,17H,8,13,16,18H2,1-2H3,(H,28,30). The average molecular weight is 451 g/mol. The van der Waals surface area contributed by atoms with E-state index in [1.807, 2.05) is 49.4 Å². The number of hydrogen-bond acceptors (Lipinski definition) is 3. The zero-order chi connectivity index (χ0) is 22.9. The van der Waals surface area contributed by atoms with Gasteiger partial charge in [0, 0.05) is 25.0 Å². The summed E-state index contributed by atoms with van der Waals surface area (Å²) in [6.45, 7) is 2.83. The van der Waals surface area contributed by atoms with Gasteiger partial charge in [0.25, 0.3) is 5.91 Å². The molecule has 5 nitrogen and oxygen atoms in total. The number of nitrogens with zero attached hydrogens (tertiary/aromatic N) is 1. The Kier molecular flexibility index (Phi) is 8.28. The number of carbonyl (C=O) groups is 2. The van der Waals surface area contributed by atoms with Crippen LogP contribution in [0.25, 0.3) is 0 Å². The summed E-state index contributed by atoms with van der Waals surface area (Å²) in [7, 11) is 1.75. The van der Waals surface area contributed by atoms with Crippen molar-refractivity contribution in [2.24, 2.45) is 0 Å². The van der Waals surface area contributed by atoms with Crippen LogP contribution in [0.3, 0.4) is 0 Å². The first-order valence-electron chi connectivity index (χ1n) is 10.5. The Morgan fingerprint density at radius 2 is 1.72 bits per heavy atom. The summed E-state index contributed by atoms with van der Waals surface area (Å²) in [5.74, 6) is 0.450. The van der Waals surface area contributed by atoms with Crippen molar-refractivity contribution in [1.82, 2.24) is 4.90 Å². The van der Waals surface area contributed by atoms with E-state index in [0.717, 1.165) is 16.9 Å². The molecule has 0 aromatic heterocycles. The maximum absolute atomic E-state index is 13.0. The number of aryl methyl sites for hydroxylation is 1. The number of carbonyl (C=O) groups excluding carboxylic acids is 2. The fraction of sp³-hybridized carbons (Fsp3) is 0.231. The lowest BCUT2D eigenvalue weighted by Gasteiger charge is -2.19. The maximum Gasteiger partial charge on any atom is 0.256 e. The van der Waals surface area contributed by atoms with E-state index in [9.17, 15) is 9.59 Å². The zero-order valence-corrected chi connectivity index (χ0v) is 19.1. The van der Waals surface area contributed by atoms with Crippen LogP contribution in [0, 0.1) is 6.92 Å². The molecule has 0 radical (unpaired) electrons. The molecule has 3 rings (SSSR count). The van der Waals surface area contributed by atoms with Gasteiger partial charge >= 0.3 is 0 Å². The summed E-state index contributed by atoms with van der Waals surface area (Å²) in [6, 6.07) is 22.3. The third-order valence-electron chi connectivity index (χ3n) is 4.98. The van der Waals surface area contributed by atoms with Crippen LogP contribution in [0.1, 0.15) is 34.3 Å². The highest BCUT2D eigenvalue weighted by Gasteiger charge is 2.17. The lowest BCUT2D eigenvalue weighted by atomic mass is 10.1. The number of rotatable bonds is 9. The number of benzene rings is 3. The van der Waals surface area contributed by atoms with Gasteiger partial charge in [0.05, 0.1) is 17.9 Å². The Balaban J connectivity index is 1.53. The van der Waals surface area contributed by atoms with Crippen LogP contribution in [0.15, 0.2) is 72.8 Å². The van der Waals surface area contributed by atoms with Crippen molar-refractivity contribution < 1.29 is 14.3 Å². The van der Waals surface area contributed by atoms with Crippen LogP contribution < -0.4 is 10.1 Å². The predicted molar refractivity (Wildman–Crippen MR) is 128 cm³/mol. The van der Waals surface area contributed by atoms with E-state index in [1.165, 1.54) is 0 Å². The molecule has 3 aromatic carbocycles. The van der Waals surface area contributed by atoms with Gasteiger partial charge in [0.2, 0.25) is 5.91 Å². The van der Waals surface area contributed by atoms with E-state index in [2.05, 4.69) is 5.32 Å². The van der Waals surface area contributed by atoms with Gasteiger partial charge in [-0.3, -0.25) is 9.59 Å². The van der Waals surface area contributed by atoms with E-state index in [4.69, 9.17) is 16.3 Å². The van der Waals surface area contributed by atoms with Crippen LogP contribution in [-0.2, 0) is 11.3 Å². The normalized spacial score (nSPS) is 10.5. The molecule has 166 valence electrons. The number of amides is 2.